The first-order chi connectivity index (χ1) is 16.5. The highest BCUT2D eigenvalue weighted by molar-refractivity contribution is 5.90. The van der Waals surface area contributed by atoms with Gasteiger partial charge >= 0.3 is 5.97 Å². The van der Waals surface area contributed by atoms with Gasteiger partial charge in [0.1, 0.15) is 5.82 Å². The third-order valence-corrected chi connectivity index (χ3v) is 6.43. The molecule has 5 rings (SSSR count). The number of fused-ring (bicyclic) bond motifs is 1. The quantitative estimate of drug-likeness (QED) is 0.457. The highest BCUT2D eigenvalue weighted by atomic mass is 19.1. The first kappa shape index (κ1) is 22.2. The Bertz CT molecular complexity index is 1310. The fourth-order valence-corrected chi connectivity index (χ4v) is 4.59. The molecule has 8 heteroatoms. The molecule has 0 bridgehead atoms. The second kappa shape index (κ2) is 9.32. The number of aliphatic carboxylic acids is 1. The lowest BCUT2D eigenvalue weighted by Gasteiger charge is -2.38. The molecule has 0 radical (unpaired) electrons. The van der Waals surface area contributed by atoms with Crippen molar-refractivity contribution < 1.29 is 14.3 Å². The van der Waals surface area contributed by atoms with Gasteiger partial charge in [0.2, 0.25) is 0 Å². The molecule has 3 heterocycles. The van der Waals surface area contributed by atoms with E-state index in [0.717, 1.165) is 59.5 Å². The van der Waals surface area contributed by atoms with Crippen molar-refractivity contribution in [3.63, 3.8) is 0 Å². The SMILES string of the molecule is CN1CCN([C@@H](c2ccc(F)cc2)c2cncc(-c3ccc4[nH]cc(CC(=O)O)c4c3)n2)CC1. The zero-order valence-corrected chi connectivity index (χ0v) is 18.9. The molecular weight excluding hydrogens is 433 g/mol. The Kier molecular flexibility index (Phi) is 6.08. The van der Waals surface area contributed by atoms with Crippen LogP contribution in [-0.4, -0.2) is 69.1 Å². The minimum Gasteiger partial charge on any atom is -0.481 e. The maximum atomic E-state index is 13.7. The van der Waals surface area contributed by atoms with Crippen LogP contribution in [0.15, 0.2) is 61.1 Å². The van der Waals surface area contributed by atoms with Crippen LogP contribution >= 0.6 is 0 Å². The number of rotatable bonds is 6. The molecule has 1 fully saturated rings. The van der Waals surface area contributed by atoms with Crippen LogP contribution in [0.25, 0.3) is 22.2 Å². The summed E-state index contributed by atoms with van der Waals surface area (Å²) in [5.41, 5.74) is 4.96. The summed E-state index contributed by atoms with van der Waals surface area (Å²) in [5.74, 6) is -1.14. The van der Waals surface area contributed by atoms with Gasteiger partial charge in [0.25, 0.3) is 0 Å². The normalized spacial score (nSPS) is 16.1. The predicted molar refractivity (Wildman–Crippen MR) is 128 cm³/mol. The smallest absolute Gasteiger partial charge is 0.307 e. The molecule has 2 N–H and O–H groups in total. The van der Waals surface area contributed by atoms with E-state index in [-0.39, 0.29) is 18.3 Å². The Morgan fingerprint density at radius 1 is 1.12 bits per heavy atom. The van der Waals surface area contributed by atoms with E-state index < -0.39 is 5.97 Å². The zero-order valence-electron chi connectivity index (χ0n) is 18.9. The van der Waals surface area contributed by atoms with Gasteiger partial charge in [-0.25, -0.2) is 9.37 Å². The van der Waals surface area contributed by atoms with Gasteiger partial charge in [-0.15, -0.1) is 0 Å². The van der Waals surface area contributed by atoms with Gasteiger partial charge in [-0.1, -0.05) is 18.2 Å². The van der Waals surface area contributed by atoms with Gasteiger partial charge in [-0.05, 0) is 42.4 Å². The molecule has 0 spiro atoms. The number of carboxylic acid groups (broad SMARTS) is 1. The van der Waals surface area contributed by atoms with Crippen LogP contribution in [0.3, 0.4) is 0 Å². The summed E-state index contributed by atoms with van der Waals surface area (Å²) in [6.07, 6.45) is 5.19. The van der Waals surface area contributed by atoms with Crippen LogP contribution in [0.4, 0.5) is 4.39 Å². The van der Waals surface area contributed by atoms with E-state index in [2.05, 4.69) is 26.8 Å². The van der Waals surface area contributed by atoms with E-state index >= 15 is 0 Å². The fourth-order valence-electron chi connectivity index (χ4n) is 4.59. The second-order valence-electron chi connectivity index (χ2n) is 8.77. The van der Waals surface area contributed by atoms with Gasteiger partial charge in [0.15, 0.2) is 0 Å². The molecular formula is C26H26FN5O2. The number of nitrogens with one attached hydrogen (secondary N) is 1. The van der Waals surface area contributed by atoms with Crippen molar-refractivity contribution in [2.24, 2.45) is 0 Å². The topological polar surface area (TPSA) is 85.3 Å². The standard InChI is InChI=1S/C26H26FN5O2/c1-31-8-10-32(11-9-31)26(17-2-5-20(27)6-3-17)24-16-28-15-23(30-24)18-4-7-22-21(12-18)19(14-29-22)13-25(33)34/h2-7,12,14-16,26,29H,8-11,13H2,1H3,(H,33,34)/t26-/m0/s1. The number of carboxylic acids is 1. The van der Waals surface area contributed by atoms with E-state index in [0.29, 0.717) is 5.69 Å². The molecule has 1 aliphatic rings. The van der Waals surface area contributed by atoms with Gasteiger partial charge in [-0.2, -0.15) is 0 Å². The van der Waals surface area contributed by atoms with Crippen LogP contribution in [-0.2, 0) is 11.2 Å². The summed E-state index contributed by atoms with van der Waals surface area (Å²) in [6.45, 7) is 3.64. The number of carbonyl (C=O) groups is 1. The lowest BCUT2D eigenvalue weighted by atomic mass is 10.0. The molecule has 1 aliphatic heterocycles. The summed E-state index contributed by atoms with van der Waals surface area (Å²) in [7, 11) is 2.11. The highest BCUT2D eigenvalue weighted by Gasteiger charge is 2.27. The van der Waals surface area contributed by atoms with Crippen molar-refractivity contribution in [2.75, 3.05) is 33.2 Å². The number of halogens is 1. The average Bonchev–Trinajstić information content (AvgIpc) is 3.23. The molecule has 0 amide bonds. The Morgan fingerprint density at radius 2 is 1.88 bits per heavy atom. The van der Waals surface area contributed by atoms with Crippen molar-refractivity contribution in [1.29, 1.82) is 0 Å². The lowest BCUT2D eigenvalue weighted by molar-refractivity contribution is -0.136. The van der Waals surface area contributed by atoms with Crippen molar-refractivity contribution in [3.05, 3.63) is 83.7 Å². The van der Waals surface area contributed by atoms with Gasteiger partial charge < -0.3 is 15.0 Å². The summed E-state index contributed by atoms with van der Waals surface area (Å²) >= 11 is 0. The molecule has 0 saturated carbocycles. The minimum absolute atomic E-state index is 0.0504. The van der Waals surface area contributed by atoms with Crippen LogP contribution in [0.5, 0.6) is 0 Å². The van der Waals surface area contributed by atoms with Gasteiger partial charge in [0, 0.05) is 48.8 Å². The number of hydrogen-bond acceptors (Lipinski definition) is 5. The van der Waals surface area contributed by atoms with Crippen LogP contribution in [0.1, 0.15) is 22.9 Å². The monoisotopic (exact) mass is 459 g/mol. The van der Waals surface area contributed by atoms with E-state index in [1.165, 1.54) is 12.1 Å². The van der Waals surface area contributed by atoms with Crippen LogP contribution in [0.2, 0.25) is 0 Å². The molecule has 7 nitrogen and oxygen atoms in total. The summed E-state index contributed by atoms with van der Waals surface area (Å²) in [5, 5.41) is 10.1. The van der Waals surface area contributed by atoms with Gasteiger partial charge in [0.05, 0.1) is 36.2 Å². The number of aromatic amines is 1. The van der Waals surface area contributed by atoms with E-state index in [1.807, 2.05) is 30.3 Å². The molecule has 0 unspecified atom stereocenters. The van der Waals surface area contributed by atoms with Crippen LogP contribution < -0.4 is 0 Å². The molecule has 2 aromatic heterocycles. The lowest BCUT2D eigenvalue weighted by Crippen LogP contribution is -2.46. The highest BCUT2D eigenvalue weighted by Crippen LogP contribution is 2.31. The molecule has 2 aromatic carbocycles. The fraction of sp³-hybridized carbons (Fsp3) is 0.269. The molecule has 34 heavy (non-hydrogen) atoms. The maximum absolute atomic E-state index is 13.7. The molecule has 174 valence electrons. The number of H-pyrrole nitrogens is 1. The zero-order chi connectivity index (χ0) is 23.7. The van der Waals surface area contributed by atoms with Crippen molar-refractivity contribution in [3.8, 4) is 11.3 Å². The van der Waals surface area contributed by atoms with Crippen molar-refractivity contribution in [2.45, 2.75) is 12.5 Å². The maximum Gasteiger partial charge on any atom is 0.307 e. The van der Waals surface area contributed by atoms with E-state index in [9.17, 15) is 14.3 Å². The summed E-state index contributed by atoms with van der Waals surface area (Å²) in [4.78, 5) is 28.5. The van der Waals surface area contributed by atoms with Crippen molar-refractivity contribution >= 4 is 16.9 Å². The largest absolute Gasteiger partial charge is 0.481 e. The average molecular weight is 460 g/mol. The third kappa shape index (κ3) is 4.55. The molecule has 1 atom stereocenters. The Hall–Kier alpha value is -3.62. The third-order valence-electron chi connectivity index (χ3n) is 6.43. The Morgan fingerprint density at radius 3 is 2.62 bits per heavy atom. The number of hydrogen-bond donors (Lipinski definition) is 2. The number of piperazine rings is 1. The number of nitrogens with zero attached hydrogens (tertiary/aromatic N) is 4. The predicted octanol–water partition coefficient (Wildman–Crippen LogP) is 3.73. The van der Waals surface area contributed by atoms with E-state index in [1.54, 1.807) is 18.6 Å². The Labute approximate surface area is 196 Å². The number of benzene rings is 2. The summed E-state index contributed by atoms with van der Waals surface area (Å²) in [6, 6.07) is 12.3. The molecule has 4 aromatic rings. The first-order valence-corrected chi connectivity index (χ1v) is 11.3. The number of aromatic nitrogens is 3. The van der Waals surface area contributed by atoms with Crippen LogP contribution in [0, 0.1) is 5.82 Å². The Balaban J connectivity index is 1.54. The van der Waals surface area contributed by atoms with Crippen molar-refractivity contribution in [1.82, 2.24) is 24.8 Å². The second-order valence-corrected chi connectivity index (χ2v) is 8.77. The molecule has 0 aliphatic carbocycles. The first-order valence-electron chi connectivity index (χ1n) is 11.3. The van der Waals surface area contributed by atoms with E-state index in [4.69, 9.17) is 4.98 Å². The number of likely N-dealkylation sites (N-methyl/N-ethyl adjacent to an activating group) is 1. The summed E-state index contributed by atoms with van der Waals surface area (Å²) < 4.78 is 13.7. The van der Waals surface area contributed by atoms with Gasteiger partial charge in [-0.3, -0.25) is 14.7 Å². The minimum atomic E-state index is -0.873. The molecule has 1 saturated heterocycles.